The van der Waals surface area contributed by atoms with Gasteiger partial charge >= 0.3 is 12.1 Å². The maximum Gasteiger partial charge on any atom is 0.407 e. The Morgan fingerprint density at radius 1 is 0.821 bits per heavy atom. The summed E-state index contributed by atoms with van der Waals surface area (Å²) in [6.07, 6.45) is 2.24. The summed E-state index contributed by atoms with van der Waals surface area (Å²) in [5.41, 5.74) is 4.81. The summed E-state index contributed by atoms with van der Waals surface area (Å²) in [5, 5.41) is 3.13. The molecule has 10 heteroatoms. The molecule has 0 bridgehead atoms. The lowest BCUT2D eigenvalue weighted by molar-refractivity contribution is -0.0588. The highest BCUT2D eigenvalue weighted by molar-refractivity contribution is 6.21. The molecule has 10 nitrogen and oxygen atoms in total. The Balaban J connectivity index is 0.995. The first-order chi connectivity index (χ1) is 19.0. The minimum atomic E-state index is -0.951. The minimum Gasteiger partial charge on any atom is -0.449 e. The summed E-state index contributed by atoms with van der Waals surface area (Å²) in [6.45, 7) is 0.732. The van der Waals surface area contributed by atoms with E-state index in [2.05, 4.69) is 34.6 Å². The van der Waals surface area contributed by atoms with Crippen LogP contribution in [0.2, 0.25) is 0 Å². The molecule has 0 spiro atoms. The lowest BCUT2D eigenvalue weighted by Gasteiger charge is -2.14. The molecule has 2 heterocycles. The molecule has 194 valence electrons. The Morgan fingerprint density at radius 3 is 2.00 bits per heavy atom. The number of ether oxygens (including phenoxy) is 1. The first-order valence-corrected chi connectivity index (χ1v) is 12.3. The number of hydrogen-bond donors (Lipinski definition) is 1. The number of hydroxylamine groups is 2. The van der Waals surface area contributed by atoms with Crippen LogP contribution in [0.4, 0.5) is 4.79 Å². The van der Waals surface area contributed by atoms with Gasteiger partial charge in [-0.15, -0.1) is 0 Å². The van der Waals surface area contributed by atoms with E-state index in [1.54, 1.807) is 16.7 Å². The van der Waals surface area contributed by atoms with E-state index in [0.717, 1.165) is 22.3 Å². The quantitative estimate of drug-likeness (QED) is 0.367. The predicted octanol–water partition coefficient (Wildman–Crippen LogP) is 3.79. The van der Waals surface area contributed by atoms with E-state index >= 15 is 0 Å². The molecule has 2 aliphatic rings. The van der Waals surface area contributed by atoms with Gasteiger partial charge in [0.1, 0.15) is 6.61 Å². The normalized spacial score (nSPS) is 13.6. The van der Waals surface area contributed by atoms with Crippen LogP contribution >= 0.6 is 0 Å². The number of hydrogen-bond acceptors (Lipinski definition) is 7. The van der Waals surface area contributed by atoms with E-state index in [-0.39, 0.29) is 35.9 Å². The van der Waals surface area contributed by atoms with E-state index < -0.39 is 23.9 Å². The maximum atomic E-state index is 12.5. The largest absolute Gasteiger partial charge is 0.449 e. The molecule has 39 heavy (non-hydrogen) atoms. The summed E-state index contributed by atoms with van der Waals surface area (Å²) >= 11 is 0. The summed E-state index contributed by atoms with van der Waals surface area (Å²) in [7, 11) is 0. The first kappa shape index (κ1) is 24.1. The van der Waals surface area contributed by atoms with Crippen molar-refractivity contribution in [2.75, 3.05) is 13.2 Å². The molecule has 4 aromatic rings. The molecule has 6 rings (SSSR count). The smallest absolute Gasteiger partial charge is 0.407 e. The van der Waals surface area contributed by atoms with Gasteiger partial charge in [0.2, 0.25) is 0 Å². The van der Waals surface area contributed by atoms with Crippen molar-refractivity contribution in [3.63, 3.8) is 0 Å². The van der Waals surface area contributed by atoms with Crippen LogP contribution in [0.5, 0.6) is 0 Å². The zero-order valence-electron chi connectivity index (χ0n) is 20.6. The van der Waals surface area contributed by atoms with Gasteiger partial charge in [-0.3, -0.25) is 9.59 Å². The van der Waals surface area contributed by atoms with Crippen LogP contribution in [0.15, 0.2) is 85.3 Å². The van der Waals surface area contributed by atoms with Gasteiger partial charge in [0, 0.05) is 25.2 Å². The van der Waals surface area contributed by atoms with E-state index in [1.807, 2.05) is 24.3 Å². The van der Waals surface area contributed by atoms with Crippen molar-refractivity contribution in [2.45, 2.75) is 12.5 Å². The van der Waals surface area contributed by atoms with Crippen LogP contribution in [0.25, 0.3) is 11.1 Å². The Kier molecular flexibility index (Phi) is 6.12. The van der Waals surface area contributed by atoms with Gasteiger partial charge < -0.3 is 19.5 Å². The number of alkyl carbamates (subject to hydrolysis) is 1. The van der Waals surface area contributed by atoms with Gasteiger partial charge in [-0.25, -0.2) is 14.6 Å². The summed E-state index contributed by atoms with van der Waals surface area (Å²) in [4.78, 5) is 58.7. The van der Waals surface area contributed by atoms with Gasteiger partial charge in [-0.2, -0.15) is 0 Å². The van der Waals surface area contributed by atoms with Gasteiger partial charge in [-0.1, -0.05) is 65.7 Å². The van der Waals surface area contributed by atoms with Gasteiger partial charge in [0.05, 0.1) is 17.5 Å². The number of rotatable bonds is 7. The molecule has 3 aromatic carbocycles. The van der Waals surface area contributed by atoms with Crippen LogP contribution in [0.3, 0.4) is 0 Å². The fourth-order valence-electron chi connectivity index (χ4n) is 4.90. The van der Waals surface area contributed by atoms with Gasteiger partial charge in [0.15, 0.2) is 5.69 Å². The molecule has 1 aliphatic heterocycles. The molecule has 1 N–H and O–H groups in total. The lowest BCUT2D eigenvalue weighted by atomic mass is 9.98. The number of fused-ring (bicyclic) bond motifs is 4. The Labute approximate surface area is 222 Å². The number of imide groups is 1. The topological polar surface area (TPSA) is 120 Å². The lowest BCUT2D eigenvalue weighted by Crippen LogP contribution is -2.32. The molecular weight excluding hydrogens is 500 g/mol. The van der Waals surface area contributed by atoms with E-state index in [0.29, 0.717) is 11.6 Å². The predicted molar refractivity (Wildman–Crippen MR) is 138 cm³/mol. The fraction of sp³-hybridized carbons (Fsp3) is 0.138. The molecule has 0 saturated carbocycles. The molecule has 0 fully saturated rings. The number of nitrogens with zero attached hydrogens (tertiary/aromatic N) is 3. The van der Waals surface area contributed by atoms with Crippen molar-refractivity contribution >= 4 is 23.9 Å². The second kappa shape index (κ2) is 9.90. The number of aromatic nitrogens is 2. The van der Waals surface area contributed by atoms with Crippen LogP contribution in [0, 0.1) is 0 Å². The highest BCUT2D eigenvalue weighted by Crippen LogP contribution is 2.44. The standard InChI is InChI=1S/C29H22N4O6/c34-26-22-11-5-6-12-23(22)27(35)33(26)39-28(36)25-15-32(17-31-25)14-13-30-29(37)38-16-24-20-9-3-1-7-18(20)19-8-2-4-10-21(19)24/h1-12,15,17,24H,13-14,16H2,(H,30,37). The number of nitrogens with one attached hydrogen (secondary N) is 1. The van der Waals surface area contributed by atoms with Crippen LogP contribution in [-0.4, -0.2) is 51.6 Å². The third-order valence-corrected chi connectivity index (χ3v) is 6.76. The Bertz CT molecular complexity index is 1550. The first-order valence-electron chi connectivity index (χ1n) is 12.3. The maximum absolute atomic E-state index is 12.5. The van der Waals surface area contributed by atoms with Crippen molar-refractivity contribution < 1.29 is 28.8 Å². The monoisotopic (exact) mass is 522 g/mol. The number of carbonyl (C=O) groups excluding carboxylic acids is 4. The molecule has 1 aliphatic carbocycles. The molecule has 3 amide bonds. The van der Waals surface area contributed by atoms with Crippen molar-refractivity contribution in [1.29, 1.82) is 0 Å². The SMILES string of the molecule is O=C(NCCn1cnc(C(=O)ON2C(=O)c3ccccc3C2=O)c1)OCC1c2ccccc2-c2ccccc21. The van der Waals surface area contributed by atoms with Crippen LogP contribution in [0.1, 0.15) is 48.2 Å². The number of carbonyl (C=O) groups is 4. The molecule has 0 atom stereocenters. The average Bonchev–Trinajstić information content (AvgIpc) is 3.63. The number of amides is 3. The molecule has 0 unspecified atom stereocenters. The van der Waals surface area contributed by atoms with E-state index in [9.17, 15) is 19.2 Å². The Hall–Kier alpha value is -5.25. The van der Waals surface area contributed by atoms with Gasteiger partial charge in [-0.05, 0) is 34.4 Å². The van der Waals surface area contributed by atoms with Crippen molar-refractivity contribution in [2.24, 2.45) is 0 Å². The highest BCUT2D eigenvalue weighted by Gasteiger charge is 2.39. The summed E-state index contributed by atoms with van der Waals surface area (Å²) in [5.74, 6) is -2.41. The third kappa shape index (κ3) is 4.42. The van der Waals surface area contributed by atoms with Crippen LogP contribution in [-0.2, 0) is 16.1 Å². The zero-order chi connectivity index (χ0) is 26.9. The second-order valence-electron chi connectivity index (χ2n) is 9.08. The molecular formula is C29H22N4O6. The van der Waals surface area contributed by atoms with E-state index in [1.165, 1.54) is 24.7 Å². The van der Waals surface area contributed by atoms with Crippen molar-refractivity contribution in [1.82, 2.24) is 19.9 Å². The van der Waals surface area contributed by atoms with Crippen molar-refractivity contribution in [3.8, 4) is 11.1 Å². The third-order valence-electron chi connectivity index (χ3n) is 6.76. The van der Waals surface area contributed by atoms with Gasteiger partial charge in [0.25, 0.3) is 11.8 Å². The highest BCUT2D eigenvalue weighted by atomic mass is 16.7. The van der Waals surface area contributed by atoms with Crippen molar-refractivity contribution in [3.05, 3.63) is 113 Å². The minimum absolute atomic E-state index is 0.0347. The molecule has 1 aromatic heterocycles. The van der Waals surface area contributed by atoms with E-state index in [4.69, 9.17) is 9.57 Å². The molecule has 0 radical (unpaired) electrons. The van der Waals surface area contributed by atoms with Crippen LogP contribution < -0.4 is 5.32 Å². The second-order valence-corrected chi connectivity index (χ2v) is 9.08. The summed E-state index contributed by atoms with van der Waals surface area (Å²) < 4.78 is 7.10. The fourth-order valence-corrected chi connectivity index (χ4v) is 4.90. The number of imidazole rings is 1. The number of benzene rings is 3. The Morgan fingerprint density at radius 2 is 1.38 bits per heavy atom. The molecule has 0 saturated heterocycles. The zero-order valence-corrected chi connectivity index (χ0v) is 20.6. The average molecular weight is 523 g/mol. The summed E-state index contributed by atoms with van der Waals surface area (Å²) in [6, 6.07) is 22.4.